The lowest BCUT2D eigenvalue weighted by molar-refractivity contribution is -0.141. The van der Waals surface area contributed by atoms with Crippen LogP contribution in [-0.2, 0) is 22.3 Å². The van der Waals surface area contributed by atoms with Crippen molar-refractivity contribution in [2.75, 3.05) is 13.2 Å². The second-order valence-electron chi connectivity index (χ2n) is 7.00. The number of morpholine rings is 1. The van der Waals surface area contributed by atoms with E-state index in [0.717, 1.165) is 11.8 Å². The van der Waals surface area contributed by atoms with Crippen LogP contribution in [0.25, 0.3) is 5.57 Å². The molecule has 2 aliphatic heterocycles. The molecule has 2 atom stereocenters. The summed E-state index contributed by atoms with van der Waals surface area (Å²) in [4.78, 5) is 17.8. The number of pyridine rings is 1. The molecule has 1 aromatic heterocycles. The van der Waals surface area contributed by atoms with E-state index in [1.54, 1.807) is 11.0 Å². The largest absolute Gasteiger partial charge is 0.445 e. The number of aromatic nitrogens is 1. The third-order valence-electron chi connectivity index (χ3n) is 5.04. The predicted octanol–water partition coefficient (Wildman–Crippen LogP) is 4.29. The van der Waals surface area contributed by atoms with Crippen molar-refractivity contribution in [2.45, 2.75) is 31.3 Å². The highest BCUT2D eigenvalue weighted by Crippen LogP contribution is 2.38. The summed E-state index contributed by atoms with van der Waals surface area (Å²) < 4.78 is 51.0. The molecule has 1 saturated heterocycles. The Morgan fingerprint density at radius 1 is 1.17 bits per heavy atom. The molecule has 152 valence electrons. The van der Waals surface area contributed by atoms with Crippen LogP contribution in [0.5, 0.6) is 0 Å². The van der Waals surface area contributed by atoms with Gasteiger partial charge in [-0.05, 0) is 23.6 Å². The number of amides is 1. The van der Waals surface area contributed by atoms with Crippen molar-refractivity contribution in [3.05, 3.63) is 71.6 Å². The van der Waals surface area contributed by atoms with Gasteiger partial charge in [-0.15, -0.1) is 0 Å². The maximum Gasteiger partial charge on any atom is 0.433 e. The summed E-state index contributed by atoms with van der Waals surface area (Å²) in [5, 5.41) is 0. The summed E-state index contributed by atoms with van der Waals surface area (Å²) >= 11 is 0. The molecule has 3 heterocycles. The van der Waals surface area contributed by atoms with Gasteiger partial charge in [-0.3, -0.25) is 9.88 Å². The van der Waals surface area contributed by atoms with Gasteiger partial charge in [0.1, 0.15) is 6.61 Å². The van der Waals surface area contributed by atoms with E-state index in [9.17, 15) is 18.0 Å². The Balaban J connectivity index is 1.56. The van der Waals surface area contributed by atoms with Gasteiger partial charge < -0.3 is 9.47 Å². The Morgan fingerprint density at radius 3 is 2.69 bits per heavy atom. The van der Waals surface area contributed by atoms with Crippen molar-refractivity contribution >= 4 is 11.7 Å². The van der Waals surface area contributed by atoms with Crippen LogP contribution in [0.3, 0.4) is 0 Å². The highest BCUT2D eigenvalue weighted by atomic mass is 19.4. The number of carbonyl (C=O) groups excluding carboxylic acids is 1. The van der Waals surface area contributed by atoms with Crippen molar-refractivity contribution < 1.29 is 27.4 Å². The molecule has 2 aromatic rings. The molecular weight excluding hydrogens is 385 g/mol. The third-order valence-corrected chi connectivity index (χ3v) is 5.04. The Hall–Kier alpha value is -2.87. The summed E-state index contributed by atoms with van der Waals surface area (Å²) in [7, 11) is 0. The molecule has 2 bridgehead atoms. The quantitative estimate of drug-likeness (QED) is 0.766. The molecule has 2 aliphatic rings. The average Bonchev–Trinajstić information content (AvgIpc) is 2.71. The Bertz CT molecular complexity index is 915. The number of rotatable bonds is 3. The molecule has 0 saturated carbocycles. The third kappa shape index (κ3) is 4.12. The van der Waals surface area contributed by atoms with Crippen molar-refractivity contribution in [3.63, 3.8) is 0 Å². The van der Waals surface area contributed by atoms with Gasteiger partial charge in [0.15, 0.2) is 5.69 Å². The highest BCUT2D eigenvalue weighted by Gasteiger charge is 2.42. The molecule has 1 fully saturated rings. The standard InChI is InChI=1S/C21H19F3N2O3/c22-21(23,24)19-18(7-4-8-25-19)15-9-16-12-28-13-17(10-15)26(16)20(27)29-11-14-5-2-1-3-6-14/h1-9,16-17H,10-13H2. The van der Waals surface area contributed by atoms with E-state index in [4.69, 9.17) is 9.47 Å². The number of fused-ring (bicyclic) bond motifs is 2. The molecular formula is C21H19F3N2O3. The van der Waals surface area contributed by atoms with Gasteiger partial charge >= 0.3 is 12.3 Å². The molecule has 8 heteroatoms. The fraction of sp³-hybridized carbons (Fsp3) is 0.333. The first-order valence-corrected chi connectivity index (χ1v) is 9.23. The molecule has 0 aliphatic carbocycles. The zero-order valence-electron chi connectivity index (χ0n) is 15.4. The molecule has 0 radical (unpaired) electrons. The zero-order valence-corrected chi connectivity index (χ0v) is 15.4. The summed E-state index contributed by atoms with van der Waals surface area (Å²) in [6.45, 7) is 0.589. The van der Waals surface area contributed by atoms with Crippen LogP contribution in [0, 0.1) is 0 Å². The number of nitrogens with zero attached hydrogens (tertiary/aromatic N) is 2. The first-order valence-electron chi connectivity index (χ1n) is 9.23. The van der Waals surface area contributed by atoms with Crippen molar-refractivity contribution in [1.29, 1.82) is 0 Å². The van der Waals surface area contributed by atoms with Gasteiger partial charge in [-0.1, -0.05) is 42.5 Å². The van der Waals surface area contributed by atoms with Crippen LogP contribution in [0.2, 0.25) is 0 Å². The molecule has 5 nitrogen and oxygen atoms in total. The minimum atomic E-state index is -4.55. The minimum absolute atomic E-state index is 0.0502. The molecule has 4 rings (SSSR count). The second-order valence-corrected chi connectivity index (χ2v) is 7.00. The maximum atomic E-state index is 13.4. The minimum Gasteiger partial charge on any atom is -0.445 e. The normalized spacial score (nSPS) is 21.5. The molecule has 0 spiro atoms. The summed E-state index contributed by atoms with van der Waals surface area (Å²) in [5.41, 5.74) is 0.524. The van der Waals surface area contributed by atoms with Crippen molar-refractivity contribution in [1.82, 2.24) is 9.88 Å². The Kier molecular flexibility index (Phi) is 5.27. The fourth-order valence-electron chi connectivity index (χ4n) is 3.76. The van der Waals surface area contributed by atoms with E-state index < -0.39 is 30.0 Å². The lowest BCUT2D eigenvalue weighted by atomic mass is 9.89. The van der Waals surface area contributed by atoms with Crippen LogP contribution in [0.4, 0.5) is 18.0 Å². The molecule has 1 aromatic carbocycles. The number of benzene rings is 1. The SMILES string of the molecule is O=C(OCc1ccccc1)N1C2C=C(c3cccnc3C(F)(F)F)CC1COC2. The second kappa shape index (κ2) is 7.87. The number of halogens is 3. The zero-order chi connectivity index (χ0) is 20.4. The first kappa shape index (κ1) is 19.4. The van der Waals surface area contributed by atoms with E-state index >= 15 is 0 Å². The summed E-state index contributed by atoms with van der Waals surface area (Å²) in [6, 6.07) is 11.3. The number of carbonyl (C=O) groups is 1. The van der Waals surface area contributed by atoms with E-state index in [-0.39, 0.29) is 31.8 Å². The lowest BCUT2D eigenvalue weighted by Gasteiger charge is -2.44. The molecule has 1 amide bonds. The monoisotopic (exact) mass is 404 g/mol. The van der Waals surface area contributed by atoms with E-state index in [0.29, 0.717) is 5.57 Å². The Morgan fingerprint density at radius 2 is 1.97 bits per heavy atom. The van der Waals surface area contributed by atoms with Crippen molar-refractivity contribution in [3.8, 4) is 0 Å². The smallest absolute Gasteiger partial charge is 0.433 e. The van der Waals surface area contributed by atoms with Gasteiger partial charge in [0.25, 0.3) is 0 Å². The van der Waals surface area contributed by atoms with Crippen LogP contribution in [-0.4, -0.2) is 41.3 Å². The molecule has 29 heavy (non-hydrogen) atoms. The first-order chi connectivity index (χ1) is 13.9. The highest BCUT2D eigenvalue weighted by molar-refractivity contribution is 5.75. The van der Waals surface area contributed by atoms with Gasteiger partial charge in [0.05, 0.1) is 25.3 Å². The van der Waals surface area contributed by atoms with Crippen LogP contribution < -0.4 is 0 Å². The summed E-state index contributed by atoms with van der Waals surface area (Å²) in [5.74, 6) is 0. The van der Waals surface area contributed by atoms with Gasteiger partial charge in [-0.2, -0.15) is 13.2 Å². The van der Waals surface area contributed by atoms with Crippen molar-refractivity contribution in [2.24, 2.45) is 0 Å². The number of ether oxygens (including phenoxy) is 2. The van der Waals surface area contributed by atoms with Crippen LogP contribution in [0.15, 0.2) is 54.7 Å². The summed E-state index contributed by atoms with van der Waals surface area (Å²) in [6.07, 6.45) is -2.01. The number of hydrogen-bond acceptors (Lipinski definition) is 4. The van der Waals surface area contributed by atoms with Gasteiger partial charge in [0, 0.05) is 11.8 Å². The number of alkyl halides is 3. The lowest BCUT2D eigenvalue weighted by Crippen LogP contribution is -2.56. The fourth-order valence-corrected chi connectivity index (χ4v) is 3.76. The van der Waals surface area contributed by atoms with Crippen LogP contribution in [0.1, 0.15) is 23.2 Å². The van der Waals surface area contributed by atoms with E-state index in [1.807, 2.05) is 30.3 Å². The van der Waals surface area contributed by atoms with Crippen LogP contribution >= 0.6 is 0 Å². The Labute approximate surface area is 165 Å². The maximum absolute atomic E-state index is 13.4. The predicted molar refractivity (Wildman–Crippen MR) is 98.7 cm³/mol. The van der Waals surface area contributed by atoms with Gasteiger partial charge in [0.2, 0.25) is 0 Å². The topological polar surface area (TPSA) is 51.7 Å². The average molecular weight is 404 g/mol. The van der Waals surface area contributed by atoms with E-state index in [1.165, 1.54) is 12.1 Å². The molecule has 0 N–H and O–H groups in total. The number of hydrogen-bond donors (Lipinski definition) is 0. The van der Waals surface area contributed by atoms with Gasteiger partial charge in [-0.25, -0.2) is 4.79 Å². The molecule has 2 unspecified atom stereocenters. The van der Waals surface area contributed by atoms with E-state index in [2.05, 4.69) is 4.98 Å².